The van der Waals surface area contributed by atoms with E-state index in [2.05, 4.69) is 26.1 Å². The number of hydrogen-bond donors (Lipinski definition) is 0. The van der Waals surface area contributed by atoms with Crippen molar-refractivity contribution in [2.45, 2.75) is 0 Å². The quantitative estimate of drug-likeness (QED) is 0.284. The number of aromatic nitrogens is 4. The highest BCUT2D eigenvalue weighted by Crippen LogP contribution is 2.23. The summed E-state index contributed by atoms with van der Waals surface area (Å²) in [5.41, 5.74) is 0.325. The van der Waals surface area contributed by atoms with Crippen LogP contribution in [0.2, 0.25) is 20.1 Å². The van der Waals surface area contributed by atoms with Gasteiger partial charge in [0, 0.05) is 26.2 Å². The number of nitrogens with zero attached hydrogens (tertiary/aromatic N) is 4. The minimum absolute atomic E-state index is 0.288. The summed E-state index contributed by atoms with van der Waals surface area (Å²) in [7, 11) is 2.93. The first-order valence-corrected chi connectivity index (χ1v) is 11.8. The Hall–Kier alpha value is -2.56. The van der Waals surface area contributed by atoms with Gasteiger partial charge < -0.3 is 9.47 Å². The molecular weight excluding hydrogens is 606 g/mol. The molecule has 2 heterocycles. The third-order valence-corrected chi connectivity index (χ3v) is 5.90. The highest BCUT2D eigenvalue weighted by molar-refractivity contribution is 9.10. The Bertz CT molecular complexity index is 1450. The molecule has 0 fully saturated rings. The lowest BCUT2D eigenvalue weighted by molar-refractivity contribution is 0.406. The van der Waals surface area contributed by atoms with Crippen LogP contribution in [0, 0.1) is 0 Å². The zero-order valence-electron chi connectivity index (χ0n) is 18.0. The molecule has 0 saturated carbocycles. The molecule has 0 radical (unpaired) electrons. The Morgan fingerprint density at radius 2 is 1.20 bits per heavy atom. The summed E-state index contributed by atoms with van der Waals surface area (Å²) in [5, 5.41) is 9.70. The van der Waals surface area contributed by atoms with E-state index < -0.39 is 0 Å². The molecule has 0 aliphatic rings. The molecule has 0 saturated heterocycles. The van der Waals surface area contributed by atoms with Gasteiger partial charge in [0.15, 0.2) is 5.75 Å². The number of halogens is 5. The largest absolute Gasteiger partial charge is 0.495 e. The van der Waals surface area contributed by atoms with Crippen LogP contribution >= 0.6 is 62.3 Å². The Kier molecular flexibility index (Phi) is 9.21. The topological polar surface area (TPSA) is 88.2 Å². The fourth-order valence-electron chi connectivity index (χ4n) is 2.76. The van der Waals surface area contributed by atoms with E-state index in [0.717, 1.165) is 0 Å². The number of rotatable bonds is 4. The van der Waals surface area contributed by atoms with Crippen molar-refractivity contribution in [1.82, 2.24) is 19.6 Å². The summed E-state index contributed by atoms with van der Waals surface area (Å²) in [6.07, 6.45) is 2.87. The van der Waals surface area contributed by atoms with Crippen molar-refractivity contribution >= 4 is 62.3 Å². The fourth-order valence-corrected chi connectivity index (χ4v) is 4.23. The smallest absolute Gasteiger partial charge is 0.289 e. The average Bonchev–Trinajstić information content (AvgIpc) is 2.79. The molecule has 0 spiro atoms. The molecule has 0 unspecified atom stereocenters. The molecule has 35 heavy (non-hydrogen) atoms. The molecule has 4 aromatic rings. The molecule has 0 amide bonds. The van der Waals surface area contributed by atoms with Gasteiger partial charge in [0.25, 0.3) is 11.1 Å². The molecule has 182 valence electrons. The van der Waals surface area contributed by atoms with E-state index in [9.17, 15) is 9.59 Å². The third kappa shape index (κ3) is 6.77. The van der Waals surface area contributed by atoms with Gasteiger partial charge in [-0.2, -0.15) is 19.6 Å². The maximum absolute atomic E-state index is 12.1. The van der Waals surface area contributed by atoms with Crippen molar-refractivity contribution < 1.29 is 9.47 Å². The van der Waals surface area contributed by atoms with Crippen LogP contribution in [0.15, 0.2) is 68.9 Å². The van der Waals surface area contributed by atoms with Crippen molar-refractivity contribution in [3.8, 4) is 22.9 Å². The molecule has 0 bridgehead atoms. The zero-order valence-corrected chi connectivity index (χ0v) is 22.6. The highest BCUT2D eigenvalue weighted by Gasteiger charge is 2.11. The van der Waals surface area contributed by atoms with Gasteiger partial charge in [-0.1, -0.05) is 46.4 Å². The van der Waals surface area contributed by atoms with Crippen LogP contribution in [0.1, 0.15) is 0 Å². The molecule has 0 atom stereocenters. The predicted octanol–water partition coefficient (Wildman–Crippen LogP) is 5.86. The first-order valence-electron chi connectivity index (χ1n) is 9.51. The summed E-state index contributed by atoms with van der Waals surface area (Å²) in [6.45, 7) is 0. The summed E-state index contributed by atoms with van der Waals surface area (Å²) in [5.74, 6) is 0.767. The standard InChI is InChI=1S/C11H7BrCl2N2O2.C11H8Cl2N2O2/c1-18-9-5-15-16(11(17)10(9)12)8-3-6(13)2-7(14)4-8;1-17-10-5-11(16)15(14-6-10)9-3-7(12)2-8(13)4-9/h2-5H,1H3;2-6H,1H3. The van der Waals surface area contributed by atoms with Gasteiger partial charge in [0.05, 0.1) is 38.0 Å². The lowest BCUT2D eigenvalue weighted by Gasteiger charge is -2.08. The van der Waals surface area contributed by atoms with E-state index in [1.807, 2.05) is 0 Å². The summed E-state index contributed by atoms with van der Waals surface area (Å²) in [6, 6.07) is 10.9. The normalized spacial score (nSPS) is 10.4. The first-order chi connectivity index (χ1) is 16.6. The SMILES string of the molecule is COc1cnn(-c2cc(Cl)cc(Cl)c2)c(=O)c1.COc1cnn(-c2cc(Cl)cc(Cl)c2)c(=O)c1Br. The summed E-state index contributed by atoms with van der Waals surface area (Å²) < 4.78 is 12.6. The molecule has 2 aromatic carbocycles. The van der Waals surface area contributed by atoms with Crippen molar-refractivity contribution in [3.05, 3.63) is 100 Å². The minimum atomic E-state index is -0.354. The number of methoxy groups -OCH3 is 2. The van der Waals surface area contributed by atoms with Crippen LogP contribution in [0.5, 0.6) is 11.5 Å². The Morgan fingerprint density at radius 1 is 0.714 bits per heavy atom. The van der Waals surface area contributed by atoms with Crippen LogP contribution < -0.4 is 20.6 Å². The highest BCUT2D eigenvalue weighted by atomic mass is 79.9. The van der Waals surface area contributed by atoms with Gasteiger partial charge in [0.2, 0.25) is 0 Å². The molecule has 13 heteroatoms. The molecule has 8 nitrogen and oxygen atoms in total. The summed E-state index contributed by atoms with van der Waals surface area (Å²) >= 11 is 26.7. The second-order valence-electron chi connectivity index (χ2n) is 6.64. The van der Waals surface area contributed by atoms with Gasteiger partial charge >= 0.3 is 0 Å². The molecule has 0 aliphatic carbocycles. The van der Waals surface area contributed by atoms with Crippen LogP contribution in [0.4, 0.5) is 0 Å². The third-order valence-electron chi connectivity index (χ3n) is 4.30. The van der Waals surface area contributed by atoms with Crippen molar-refractivity contribution in [2.75, 3.05) is 14.2 Å². The predicted molar refractivity (Wildman–Crippen MR) is 141 cm³/mol. The lowest BCUT2D eigenvalue weighted by Crippen LogP contribution is -2.22. The fraction of sp³-hybridized carbons (Fsp3) is 0.0909. The maximum atomic E-state index is 12.1. The van der Waals surface area contributed by atoms with E-state index >= 15 is 0 Å². The minimum Gasteiger partial charge on any atom is -0.495 e. The van der Waals surface area contributed by atoms with E-state index in [-0.39, 0.29) is 15.6 Å². The second-order valence-corrected chi connectivity index (χ2v) is 9.18. The van der Waals surface area contributed by atoms with Gasteiger partial charge in [-0.15, -0.1) is 0 Å². The van der Waals surface area contributed by atoms with Crippen LogP contribution in [-0.2, 0) is 0 Å². The zero-order chi connectivity index (χ0) is 25.7. The number of benzene rings is 2. The average molecular weight is 621 g/mol. The van der Waals surface area contributed by atoms with Crippen molar-refractivity contribution in [3.63, 3.8) is 0 Å². The monoisotopic (exact) mass is 618 g/mol. The van der Waals surface area contributed by atoms with Gasteiger partial charge in [-0.25, -0.2) is 0 Å². The second kappa shape index (κ2) is 11.9. The lowest BCUT2D eigenvalue weighted by atomic mass is 10.3. The molecule has 0 N–H and O–H groups in total. The summed E-state index contributed by atoms with van der Waals surface area (Å²) in [4.78, 5) is 23.8. The van der Waals surface area contributed by atoms with Crippen molar-refractivity contribution in [2.24, 2.45) is 0 Å². The van der Waals surface area contributed by atoms with E-state index in [4.69, 9.17) is 55.9 Å². The molecule has 2 aromatic heterocycles. The van der Waals surface area contributed by atoms with Gasteiger partial charge in [0.1, 0.15) is 10.2 Å². The number of hydrogen-bond acceptors (Lipinski definition) is 6. The molecule has 4 rings (SSSR count). The maximum Gasteiger partial charge on any atom is 0.289 e. The van der Waals surface area contributed by atoms with Gasteiger partial charge in [-0.05, 0) is 52.3 Å². The van der Waals surface area contributed by atoms with E-state index in [1.54, 1.807) is 36.4 Å². The van der Waals surface area contributed by atoms with Gasteiger partial charge in [-0.3, -0.25) is 9.59 Å². The Morgan fingerprint density at radius 3 is 1.66 bits per heavy atom. The molecule has 0 aliphatic heterocycles. The Labute approximate surface area is 227 Å². The van der Waals surface area contributed by atoms with Crippen LogP contribution in [-0.4, -0.2) is 33.8 Å². The van der Waals surface area contributed by atoms with Crippen LogP contribution in [0.25, 0.3) is 11.4 Å². The van der Waals surface area contributed by atoms with Crippen molar-refractivity contribution in [1.29, 1.82) is 0 Å². The number of ether oxygens (including phenoxy) is 2. The van der Waals surface area contributed by atoms with E-state index in [1.165, 1.54) is 42.0 Å². The molecular formula is C22H15BrCl4N4O4. The van der Waals surface area contributed by atoms with Crippen LogP contribution in [0.3, 0.4) is 0 Å². The Balaban J connectivity index is 0.000000196. The van der Waals surface area contributed by atoms with E-state index in [0.29, 0.717) is 43.0 Å². The first kappa shape index (κ1) is 27.0.